The third kappa shape index (κ3) is 19.8. The highest BCUT2D eigenvalue weighted by Crippen LogP contribution is 2.56. The van der Waals surface area contributed by atoms with E-state index in [2.05, 4.69) is 335 Å². The molecule has 12 nitrogen and oxygen atoms in total. The monoisotopic (exact) mass is 2510 g/mol. The average Bonchev–Trinajstić information content (AvgIpc) is 1.48. The van der Waals surface area contributed by atoms with Crippen LogP contribution in [0.5, 0.6) is 92.0 Å². The number of phenolic OH excluding ortho intramolecular Hbond substituents is 3. The first-order valence-electron chi connectivity index (χ1n) is 22.2. The van der Waals surface area contributed by atoms with E-state index in [0.717, 1.165) is 49.2 Å². The highest BCUT2D eigenvalue weighted by atomic mass is 79.9. The van der Waals surface area contributed by atoms with Gasteiger partial charge in [0.05, 0.1) is 103 Å². The molecule has 0 unspecified atom stereocenters. The van der Waals surface area contributed by atoms with Crippen LogP contribution in [-0.4, -0.2) is 50.9 Å². The Bertz CT molecular complexity index is 3830. The molecular formula is C53H29Br21O12. The van der Waals surface area contributed by atoms with E-state index < -0.39 is 0 Å². The predicted octanol–water partition coefficient (Wildman–Crippen LogP) is 29.1. The molecule has 0 spiro atoms. The summed E-state index contributed by atoms with van der Waals surface area (Å²) in [6.07, 6.45) is 0. The van der Waals surface area contributed by atoms with Gasteiger partial charge in [-0.15, -0.1) is 0 Å². The molecule has 0 aliphatic rings. The number of rotatable bonds is 13. The summed E-state index contributed by atoms with van der Waals surface area (Å²) in [4.78, 5) is 0. The first-order valence-corrected chi connectivity index (χ1v) is 38.8. The molecule has 0 aromatic heterocycles. The van der Waals surface area contributed by atoms with Crippen LogP contribution < -0.4 is 42.6 Å². The lowest BCUT2D eigenvalue weighted by Gasteiger charge is -2.17. The van der Waals surface area contributed by atoms with Crippen molar-refractivity contribution in [3.8, 4) is 92.0 Å². The Labute approximate surface area is 669 Å². The Hall–Kier alpha value is 1.44. The van der Waals surface area contributed by atoms with Crippen LogP contribution in [0.4, 0.5) is 0 Å². The number of benzene rings is 8. The summed E-state index contributed by atoms with van der Waals surface area (Å²) in [5.41, 5.74) is 0. The van der Waals surface area contributed by atoms with E-state index in [0.29, 0.717) is 102 Å². The summed E-state index contributed by atoms with van der Waals surface area (Å²) in [5, 5.41) is 30.7. The van der Waals surface area contributed by atoms with E-state index in [-0.39, 0.29) is 34.5 Å². The lowest BCUT2D eigenvalue weighted by Crippen LogP contribution is -1.95. The molecule has 33 heteroatoms. The maximum absolute atomic E-state index is 10.3. The molecule has 86 heavy (non-hydrogen) atoms. The second-order valence-electron chi connectivity index (χ2n) is 15.7. The Kier molecular flexibility index (Phi) is 32.7. The van der Waals surface area contributed by atoms with Crippen LogP contribution in [0.3, 0.4) is 0 Å². The third-order valence-electron chi connectivity index (χ3n) is 10.3. The first kappa shape index (κ1) is 78.1. The fourth-order valence-corrected chi connectivity index (χ4v) is 18.9. The largest absolute Gasteiger partial charge is 0.503 e. The zero-order valence-corrected chi connectivity index (χ0v) is 76.1. The molecule has 0 aliphatic heterocycles. The smallest absolute Gasteiger partial charge is 0.186 e. The molecule has 0 saturated heterocycles. The quantitative estimate of drug-likeness (QED) is 0.0747. The van der Waals surface area contributed by atoms with Crippen molar-refractivity contribution in [3.63, 3.8) is 0 Å². The first-order chi connectivity index (χ1) is 40.3. The standard InChI is InChI=1S/C14H10Br4O3.2C13H6Br6O3.C13H7Br5O3/c1-19-11-5-7(15)4-10(18)14(11)21-12-6-8(16)3-9(17)13(12)20-2;1-21-12-5(15)2-4(14)3-6(12)22-13-10(19)8(17)7(16)9(18)11(13)20;1-21-12-9(18)7(16)8(17)10(19)13(12)22-6-3-4(14)2-5(15)11(6)20;1-20-12-7(16)2-5(14)3-9(12)21-13-8(17)4-6(15)10(18)11(13)19/h3-6H,1-2H3;2*2-3,20H,1H3;2-4,19H,1H3. The van der Waals surface area contributed by atoms with Crippen molar-refractivity contribution in [1.82, 2.24) is 0 Å². The van der Waals surface area contributed by atoms with Gasteiger partial charge in [0.15, 0.2) is 92.0 Å². The SMILES string of the molecule is COc1c(Br)c(Br)c(Br)c(Br)c1Oc1cc(Br)cc(Br)c1O.COc1c(Br)cc(Br)cc1Oc1c(Br)cc(Br)c(Br)c1O.COc1c(Br)cc(Br)cc1Oc1c(O)c(Br)c(Br)c(Br)c1Br.COc1cc(Br)cc(Br)c1Oc1cc(Br)cc(Br)c1OC. The Morgan fingerprint density at radius 1 is 0.209 bits per heavy atom. The second kappa shape index (κ2) is 36.0. The molecule has 0 heterocycles. The van der Waals surface area contributed by atoms with Gasteiger partial charge in [0, 0.05) is 26.8 Å². The van der Waals surface area contributed by atoms with Crippen molar-refractivity contribution in [2.75, 3.05) is 35.5 Å². The summed E-state index contributed by atoms with van der Waals surface area (Å²) in [5.74, 6) is 5.97. The summed E-state index contributed by atoms with van der Waals surface area (Å²) in [6, 6.07) is 19.8. The lowest BCUT2D eigenvalue weighted by atomic mass is 10.3. The van der Waals surface area contributed by atoms with E-state index in [4.69, 9.17) is 42.6 Å². The van der Waals surface area contributed by atoms with Gasteiger partial charge in [-0.25, -0.2) is 0 Å². The number of methoxy groups -OCH3 is 5. The minimum Gasteiger partial charge on any atom is -0.503 e. The van der Waals surface area contributed by atoms with Gasteiger partial charge in [0.1, 0.15) is 0 Å². The van der Waals surface area contributed by atoms with E-state index >= 15 is 0 Å². The van der Waals surface area contributed by atoms with Crippen LogP contribution in [-0.2, 0) is 0 Å². The van der Waals surface area contributed by atoms with Crippen LogP contribution in [0, 0.1) is 0 Å². The molecule has 0 bridgehead atoms. The zero-order valence-electron chi connectivity index (χ0n) is 42.8. The van der Waals surface area contributed by atoms with Gasteiger partial charge in [0.25, 0.3) is 0 Å². The predicted molar refractivity (Wildman–Crippen MR) is 411 cm³/mol. The van der Waals surface area contributed by atoms with Crippen LogP contribution in [0.2, 0.25) is 0 Å². The van der Waals surface area contributed by atoms with Gasteiger partial charge in [-0.05, 0) is 322 Å². The molecule has 8 aromatic rings. The maximum Gasteiger partial charge on any atom is 0.186 e. The van der Waals surface area contributed by atoms with E-state index in [9.17, 15) is 15.3 Å². The maximum atomic E-state index is 10.3. The highest BCUT2D eigenvalue weighted by Gasteiger charge is 2.26. The normalized spacial score (nSPS) is 10.6. The zero-order chi connectivity index (χ0) is 64.5. The fraction of sp³-hybridized carbons (Fsp3) is 0.0943. The van der Waals surface area contributed by atoms with Crippen LogP contribution in [0.25, 0.3) is 0 Å². The molecule has 0 radical (unpaired) electrons. The van der Waals surface area contributed by atoms with Gasteiger partial charge in [0.2, 0.25) is 0 Å². The van der Waals surface area contributed by atoms with Crippen molar-refractivity contribution < 1.29 is 58.0 Å². The van der Waals surface area contributed by atoms with E-state index in [1.54, 1.807) is 58.8 Å². The van der Waals surface area contributed by atoms with E-state index in [1.165, 1.54) is 7.11 Å². The van der Waals surface area contributed by atoms with Crippen molar-refractivity contribution in [2.24, 2.45) is 0 Å². The van der Waals surface area contributed by atoms with Crippen molar-refractivity contribution in [1.29, 1.82) is 0 Å². The van der Waals surface area contributed by atoms with Gasteiger partial charge in [-0.3, -0.25) is 0 Å². The van der Waals surface area contributed by atoms with Crippen molar-refractivity contribution in [3.05, 3.63) is 161 Å². The molecule has 0 atom stereocenters. The molecule has 460 valence electrons. The fourth-order valence-electron chi connectivity index (χ4n) is 6.50. The molecular weight excluding hydrogens is 2510 g/mol. The lowest BCUT2D eigenvalue weighted by molar-refractivity contribution is 0.353. The number of hydrogen-bond donors (Lipinski definition) is 3. The molecule has 8 aromatic carbocycles. The Morgan fingerprint density at radius 3 is 0.907 bits per heavy atom. The molecule has 0 fully saturated rings. The molecule has 0 amide bonds. The summed E-state index contributed by atoms with van der Waals surface area (Å²) < 4.78 is 65.2. The second-order valence-corrected chi connectivity index (χ2v) is 33.4. The van der Waals surface area contributed by atoms with Gasteiger partial charge in [-0.1, -0.05) is 79.6 Å². The highest BCUT2D eigenvalue weighted by molar-refractivity contribution is 9.16. The minimum atomic E-state index is -0.0416. The van der Waals surface area contributed by atoms with E-state index in [1.807, 2.05) is 36.4 Å². The van der Waals surface area contributed by atoms with Crippen LogP contribution in [0.1, 0.15) is 0 Å². The molecule has 0 saturated carbocycles. The molecule has 8 rings (SSSR count). The number of ether oxygens (including phenoxy) is 9. The topological polar surface area (TPSA) is 144 Å². The minimum absolute atomic E-state index is 0.00711. The number of hydrogen-bond acceptors (Lipinski definition) is 12. The van der Waals surface area contributed by atoms with Crippen molar-refractivity contribution >= 4 is 335 Å². The van der Waals surface area contributed by atoms with Crippen LogP contribution >= 0.6 is 335 Å². The third-order valence-corrected chi connectivity index (χ3v) is 27.5. The number of phenols is 3. The summed E-state index contributed by atoms with van der Waals surface area (Å²) in [7, 11) is 7.82. The van der Waals surface area contributed by atoms with Gasteiger partial charge >= 0.3 is 0 Å². The van der Waals surface area contributed by atoms with Crippen LogP contribution in [0.15, 0.2) is 161 Å². The molecule has 0 aliphatic carbocycles. The van der Waals surface area contributed by atoms with Gasteiger partial charge in [-0.2, -0.15) is 0 Å². The molecule has 3 N–H and O–H groups in total. The van der Waals surface area contributed by atoms with Gasteiger partial charge < -0.3 is 58.0 Å². The average molecular weight is 2540 g/mol. The Balaban J connectivity index is 0.000000209. The number of halogens is 21. The Morgan fingerprint density at radius 2 is 0.500 bits per heavy atom. The van der Waals surface area contributed by atoms with Crippen molar-refractivity contribution in [2.45, 2.75) is 0 Å². The number of aromatic hydroxyl groups is 3. The summed E-state index contributed by atoms with van der Waals surface area (Å²) in [6.45, 7) is 0. The summed E-state index contributed by atoms with van der Waals surface area (Å²) >= 11 is 71.4.